The van der Waals surface area contributed by atoms with Crippen molar-refractivity contribution in [2.75, 3.05) is 0 Å². The summed E-state index contributed by atoms with van der Waals surface area (Å²) in [6.45, 7) is 0. The number of hydrogen-bond donors (Lipinski definition) is 1. The SMILES string of the molecule is O=C(c1ccc(Br)o1)N1C2CCC1CC(O)C2. The number of fused-ring (bicyclic) bond motifs is 2. The summed E-state index contributed by atoms with van der Waals surface area (Å²) in [5, 5.41) is 9.70. The van der Waals surface area contributed by atoms with E-state index in [1.54, 1.807) is 12.1 Å². The largest absolute Gasteiger partial charge is 0.444 e. The fraction of sp³-hybridized carbons (Fsp3) is 0.583. The van der Waals surface area contributed by atoms with Crippen LogP contribution in [-0.4, -0.2) is 34.1 Å². The minimum absolute atomic E-state index is 0.0462. The Kier molecular flexibility index (Phi) is 2.75. The molecule has 5 heteroatoms. The molecule has 0 aromatic carbocycles. The van der Waals surface area contributed by atoms with Gasteiger partial charge in [0.25, 0.3) is 5.91 Å². The van der Waals surface area contributed by atoms with E-state index in [1.807, 2.05) is 4.90 Å². The van der Waals surface area contributed by atoms with Crippen molar-refractivity contribution in [1.82, 2.24) is 4.90 Å². The van der Waals surface area contributed by atoms with Crippen LogP contribution in [0.1, 0.15) is 36.2 Å². The quantitative estimate of drug-likeness (QED) is 0.865. The van der Waals surface area contributed by atoms with Crippen LogP contribution in [0.4, 0.5) is 0 Å². The minimum Gasteiger partial charge on any atom is -0.444 e. The highest BCUT2D eigenvalue weighted by Crippen LogP contribution is 2.37. The Morgan fingerprint density at radius 1 is 1.35 bits per heavy atom. The minimum atomic E-state index is -0.250. The van der Waals surface area contributed by atoms with Gasteiger partial charge in [0.2, 0.25) is 0 Å². The zero-order valence-electron chi connectivity index (χ0n) is 9.30. The summed E-state index contributed by atoms with van der Waals surface area (Å²) in [4.78, 5) is 14.2. The van der Waals surface area contributed by atoms with Crippen molar-refractivity contribution < 1.29 is 14.3 Å². The Bertz CT molecular complexity index is 431. The number of rotatable bonds is 1. The number of piperidine rings is 1. The van der Waals surface area contributed by atoms with E-state index in [1.165, 1.54) is 0 Å². The van der Waals surface area contributed by atoms with Crippen LogP contribution in [0.15, 0.2) is 21.2 Å². The van der Waals surface area contributed by atoms with Crippen molar-refractivity contribution in [2.24, 2.45) is 0 Å². The predicted octanol–water partition coefficient (Wildman–Crippen LogP) is 2.17. The molecule has 0 saturated carbocycles. The number of carbonyl (C=O) groups excluding carboxylic acids is 1. The summed E-state index contributed by atoms with van der Waals surface area (Å²) in [5.41, 5.74) is 0. The maximum atomic E-state index is 12.3. The topological polar surface area (TPSA) is 53.7 Å². The third-order valence-corrected chi connectivity index (χ3v) is 4.15. The zero-order chi connectivity index (χ0) is 12.0. The van der Waals surface area contributed by atoms with Gasteiger partial charge in [-0.15, -0.1) is 0 Å². The molecule has 2 saturated heterocycles. The first kappa shape index (κ1) is 11.3. The summed E-state index contributed by atoms with van der Waals surface area (Å²) in [6, 6.07) is 3.78. The van der Waals surface area contributed by atoms with Crippen molar-refractivity contribution in [3.05, 3.63) is 22.6 Å². The van der Waals surface area contributed by atoms with Crippen molar-refractivity contribution in [1.29, 1.82) is 0 Å². The normalized spacial score (nSPS) is 31.9. The number of aliphatic hydroxyl groups excluding tert-OH is 1. The molecule has 0 radical (unpaired) electrons. The number of carbonyl (C=O) groups is 1. The summed E-state index contributed by atoms with van der Waals surface area (Å²) in [5.74, 6) is 0.334. The van der Waals surface area contributed by atoms with Gasteiger partial charge in [-0.1, -0.05) is 0 Å². The monoisotopic (exact) mass is 299 g/mol. The molecule has 1 aromatic heterocycles. The smallest absolute Gasteiger partial charge is 0.290 e. The van der Waals surface area contributed by atoms with Crippen molar-refractivity contribution in [3.8, 4) is 0 Å². The summed E-state index contributed by atoms with van der Waals surface area (Å²) >= 11 is 3.20. The van der Waals surface area contributed by atoms with E-state index in [2.05, 4.69) is 15.9 Å². The number of furan rings is 1. The molecule has 92 valence electrons. The van der Waals surface area contributed by atoms with Crippen LogP contribution in [0.5, 0.6) is 0 Å². The van der Waals surface area contributed by atoms with Crippen LogP contribution in [0, 0.1) is 0 Å². The lowest BCUT2D eigenvalue weighted by molar-refractivity contribution is 0.0263. The summed E-state index contributed by atoms with van der Waals surface area (Å²) < 4.78 is 5.89. The molecular weight excluding hydrogens is 286 g/mol. The van der Waals surface area contributed by atoms with E-state index < -0.39 is 0 Å². The number of aliphatic hydroxyl groups is 1. The van der Waals surface area contributed by atoms with Gasteiger partial charge in [-0.05, 0) is 53.7 Å². The Labute approximate surface area is 108 Å². The Hall–Kier alpha value is -0.810. The van der Waals surface area contributed by atoms with Gasteiger partial charge in [0.05, 0.1) is 6.10 Å². The predicted molar refractivity (Wildman–Crippen MR) is 64.6 cm³/mol. The van der Waals surface area contributed by atoms with E-state index in [0.29, 0.717) is 23.3 Å². The summed E-state index contributed by atoms with van der Waals surface area (Å²) in [6.07, 6.45) is 3.14. The number of nitrogens with zero attached hydrogens (tertiary/aromatic N) is 1. The molecular formula is C12H14BrNO3. The molecule has 2 atom stereocenters. The standard InChI is InChI=1S/C12H14BrNO3/c13-11-4-3-10(17-11)12(16)14-7-1-2-8(14)6-9(15)5-7/h3-4,7-9,15H,1-2,5-6H2. The first-order chi connectivity index (χ1) is 8.15. The van der Waals surface area contributed by atoms with E-state index in [9.17, 15) is 9.90 Å². The molecule has 2 fully saturated rings. The molecule has 1 N–H and O–H groups in total. The van der Waals surface area contributed by atoms with Gasteiger partial charge in [-0.3, -0.25) is 4.79 Å². The van der Waals surface area contributed by atoms with E-state index in [4.69, 9.17) is 4.42 Å². The lowest BCUT2D eigenvalue weighted by atomic mass is 9.99. The molecule has 17 heavy (non-hydrogen) atoms. The molecule has 2 unspecified atom stereocenters. The molecule has 3 heterocycles. The first-order valence-electron chi connectivity index (χ1n) is 5.91. The summed E-state index contributed by atoms with van der Waals surface area (Å²) in [7, 11) is 0. The van der Waals surface area contributed by atoms with Crippen LogP contribution in [0.2, 0.25) is 0 Å². The van der Waals surface area contributed by atoms with Crippen LogP contribution in [-0.2, 0) is 0 Å². The maximum absolute atomic E-state index is 12.3. The zero-order valence-corrected chi connectivity index (χ0v) is 10.9. The van der Waals surface area contributed by atoms with E-state index in [-0.39, 0.29) is 24.1 Å². The molecule has 2 aliphatic rings. The Morgan fingerprint density at radius 3 is 2.53 bits per heavy atom. The highest BCUT2D eigenvalue weighted by molar-refractivity contribution is 9.10. The van der Waals surface area contributed by atoms with Gasteiger partial charge >= 0.3 is 0 Å². The van der Waals surface area contributed by atoms with E-state index >= 15 is 0 Å². The van der Waals surface area contributed by atoms with Crippen LogP contribution in [0.25, 0.3) is 0 Å². The second-order valence-corrected chi connectivity index (χ2v) is 5.61. The fourth-order valence-corrected chi connectivity index (χ4v) is 3.34. The lowest BCUT2D eigenvalue weighted by Crippen LogP contribution is -2.47. The lowest BCUT2D eigenvalue weighted by Gasteiger charge is -2.36. The second kappa shape index (κ2) is 4.14. The molecule has 0 aliphatic carbocycles. The molecule has 2 aliphatic heterocycles. The average molecular weight is 300 g/mol. The molecule has 1 aromatic rings. The van der Waals surface area contributed by atoms with Gasteiger partial charge in [0.1, 0.15) is 0 Å². The third kappa shape index (κ3) is 1.91. The van der Waals surface area contributed by atoms with Gasteiger partial charge in [0, 0.05) is 12.1 Å². The number of hydrogen-bond acceptors (Lipinski definition) is 3. The third-order valence-electron chi connectivity index (χ3n) is 3.73. The van der Waals surface area contributed by atoms with E-state index in [0.717, 1.165) is 12.8 Å². The molecule has 2 bridgehead atoms. The highest BCUT2D eigenvalue weighted by atomic mass is 79.9. The highest BCUT2D eigenvalue weighted by Gasteiger charge is 2.43. The first-order valence-corrected chi connectivity index (χ1v) is 6.70. The van der Waals surface area contributed by atoms with Gasteiger partial charge < -0.3 is 14.4 Å². The maximum Gasteiger partial charge on any atom is 0.290 e. The van der Waals surface area contributed by atoms with Crippen molar-refractivity contribution in [2.45, 2.75) is 43.9 Å². The van der Waals surface area contributed by atoms with Gasteiger partial charge in [0.15, 0.2) is 10.4 Å². The second-order valence-electron chi connectivity index (χ2n) is 4.83. The molecule has 4 nitrogen and oxygen atoms in total. The van der Waals surface area contributed by atoms with Crippen LogP contribution in [0.3, 0.4) is 0 Å². The molecule has 3 rings (SSSR count). The molecule has 0 spiro atoms. The Morgan fingerprint density at radius 2 is 2.00 bits per heavy atom. The van der Waals surface area contributed by atoms with Crippen LogP contribution >= 0.6 is 15.9 Å². The van der Waals surface area contributed by atoms with Crippen LogP contribution < -0.4 is 0 Å². The van der Waals surface area contributed by atoms with Gasteiger partial charge in [-0.2, -0.15) is 0 Å². The number of halogens is 1. The van der Waals surface area contributed by atoms with Crippen molar-refractivity contribution >= 4 is 21.8 Å². The average Bonchev–Trinajstić information content (AvgIpc) is 2.81. The number of amides is 1. The van der Waals surface area contributed by atoms with Gasteiger partial charge in [-0.25, -0.2) is 0 Å². The molecule has 1 amide bonds. The van der Waals surface area contributed by atoms with Crippen molar-refractivity contribution in [3.63, 3.8) is 0 Å². The fourth-order valence-electron chi connectivity index (χ4n) is 3.04. The Balaban J connectivity index is 1.83.